The number of nitrogens with one attached hydrogen (secondary N) is 3. The molecule has 14 heteroatoms. The number of nitrogens with zero attached hydrogens (tertiary/aromatic N) is 4. The number of carbonyl (C=O) groups is 4. The summed E-state index contributed by atoms with van der Waals surface area (Å²) in [6.45, 7) is 9.18. The summed E-state index contributed by atoms with van der Waals surface area (Å²) in [5.74, 6) is -0.575. The SMILES string of the molecule is Cc1oc2nc1C(=O)N[C@@H](C(C)C)c1nc(cs1)C(=O)NCCN(C(=O)CN1CCOCC1)CCCC(=O)N[C@H]2Cc1ccccc1. The lowest BCUT2D eigenvalue weighted by Crippen LogP contribution is -2.47. The van der Waals surface area contributed by atoms with Gasteiger partial charge in [-0.25, -0.2) is 9.97 Å². The topological polar surface area (TPSA) is 159 Å². The number of ether oxygens (including phenoxy) is 1. The second-order valence-electron chi connectivity index (χ2n) is 12.2. The van der Waals surface area contributed by atoms with Crippen molar-refractivity contribution < 1.29 is 28.3 Å². The third-order valence-corrected chi connectivity index (χ3v) is 9.16. The van der Waals surface area contributed by atoms with Crippen molar-refractivity contribution >= 4 is 35.0 Å². The molecule has 0 unspecified atom stereocenters. The summed E-state index contributed by atoms with van der Waals surface area (Å²) in [5, 5.41) is 11.2. The molecule has 47 heavy (non-hydrogen) atoms. The number of oxazole rings is 1. The van der Waals surface area contributed by atoms with E-state index in [0.717, 1.165) is 5.56 Å². The summed E-state index contributed by atoms with van der Waals surface area (Å²) < 4.78 is 11.4. The summed E-state index contributed by atoms with van der Waals surface area (Å²) in [4.78, 5) is 66.1. The molecule has 5 rings (SSSR count). The molecule has 1 aromatic carbocycles. The molecule has 0 radical (unpaired) electrons. The van der Waals surface area contributed by atoms with Gasteiger partial charge < -0.3 is 30.0 Å². The van der Waals surface area contributed by atoms with Gasteiger partial charge in [0.2, 0.25) is 17.7 Å². The molecule has 0 saturated carbocycles. The molecule has 2 aliphatic heterocycles. The van der Waals surface area contributed by atoms with Crippen LogP contribution in [0.1, 0.15) is 82.0 Å². The number of thiazole rings is 1. The molecule has 2 atom stereocenters. The third kappa shape index (κ3) is 9.24. The monoisotopic (exact) mass is 665 g/mol. The van der Waals surface area contributed by atoms with E-state index in [9.17, 15) is 19.2 Å². The third-order valence-electron chi connectivity index (χ3n) is 8.23. The molecule has 2 aromatic heterocycles. The second-order valence-corrected chi connectivity index (χ2v) is 13.1. The van der Waals surface area contributed by atoms with Crippen LogP contribution < -0.4 is 16.0 Å². The number of fused-ring (bicyclic) bond motifs is 4. The van der Waals surface area contributed by atoms with Gasteiger partial charge >= 0.3 is 0 Å². The lowest BCUT2D eigenvalue weighted by Gasteiger charge is -2.29. The van der Waals surface area contributed by atoms with Gasteiger partial charge in [0.25, 0.3) is 11.8 Å². The molecule has 1 saturated heterocycles. The van der Waals surface area contributed by atoms with Crippen LogP contribution >= 0.6 is 11.3 Å². The van der Waals surface area contributed by atoms with E-state index in [4.69, 9.17) is 9.15 Å². The normalized spacial score (nSPS) is 20.8. The van der Waals surface area contributed by atoms with Gasteiger partial charge in [-0.2, -0.15) is 0 Å². The van der Waals surface area contributed by atoms with E-state index < -0.39 is 18.0 Å². The molecule has 1 fully saturated rings. The van der Waals surface area contributed by atoms with Gasteiger partial charge in [0.15, 0.2) is 5.69 Å². The molecule has 0 spiro atoms. The lowest BCUT2D eigenvalue weighted by molar-refractivity contribution is -0.134. The number of hydrogen-bond donors (Lipinski definition) is 3. The zero-order valence-corrected chi connectivity index (χ0v) is 27.9. The zero-order valence-electron chi connectivity index (χ0n) is 27.1. The molecule has 0 aliphatic carbocycles. The first-order chi connectivity index (χ1) is 22.7. The Kier molecular flexibility index (Phi) is 11.7. The fourth-order valence-electron chi connectivity index (χ4n) is 5.59. The maximum atomic E-state index is 13.5. The van der Waals surface area contributed by atoms with Gasteiger partial charge in [0.1, 0.15) is 22.5 Å². The van der Waals surface area contributed by atoms with Crippen molar-refractivity contribution in [3.05, 3.63) is 69.3 Å². The average Bonchev–Trinajstić information content (AvgIpc) is 3.70. The van der Waals surface area contributed by atoms with Gasteiger partial charge in [0, 0.05) is 50.9 Å². The highest BCUT2D eigenvalue weighted by atomic mass is 32.1. The van der Waals surface area contributed by atoms with Gasteiger partial charge in [-0.15, -0.1) is 11.3 Å². The first-order valence-corrected chi connectivity index (χ1v) is 17.0. The Balaban J connectivity index is 1.41. The highest BCUT2D eigenvalue weighted by Gasteiger charge is 2.29. The number of hydrogen-bond acceptors (Lipinski definition) is 10. The second kappa shape index (κ2) is 16.1. The summed E-state index contributed by atoms with van der Waals surface area (Å²) in [6, 6.07) is 8.58. The van der Waals surface area contributed by atoms with E-state index in [1.54, 1.807) is 17.2 Å². The molecule has 4 amide bonds. The Labute approximate surface area is 278 Å². The maximum absolute atomic E-state index is 13.5. The van der Waals surface area contributed by atoms with Gasteiger partial charge in [-0.3, -0.25) is 24.1 Å². The van der Waals surface area contributed by atoms with Crippen LogP contribution in [0.3, 0.4) is 0 Å². The number of aryl methyl sites for hydroxylation is 1. The minimum Gasteiger partial charge on any atom is -0.443 e. The van der Waals surface area contributed by atoms with Crippen molar-refractivity contribution in [1.82, 2.24) is 35.7 Å². The quantitative estimate of drug-likeness (QED) is 0.373. The van der Waals surface area contributed by atoms with Crippen LogP contribution in [-0.4, -0.2) is 95.9 Å². The molecular weight excluding hydrogens is 622 g/mol. The molecule has 4 heterocycles. The van der Waals surface area contributed by atoms with E-state index >= 15 is 0 Å². The van der Waals surface area contributed by atoms with E-state index in [2.05, 4.69) is 30.8 Å². The van der Waals surface area contributed by atoms with E-state index in [0.29, 0.717) is 56.5 Å². The predicted molar refractivity (Wildman–Crippen MR) is 175 cm³/mol. The van der Waals surface area contributed by atoms with Crippen molar-refractivity contribution in [2.24, 2.45) is 5.92 Å². The average molecular weight is 666 g/mol. The Morgan fingerprint density at radius 3 is 2.53 bits per heavy atom. The van der Waals surface area contributed by atoms with Gasteiger partial charge in [-0.1, -0.05) is 44.2 Å². The summed E-state index contributed by atoms with van der Waals surface area (Å²) >= 11 is 1.29. The minimum absolute atomic E-state index is 0.0401. The van der Waals surface area contributed by atoms with Crippen LogP contribution in [-0.2, 0) is 20.7 Å². The standard InChI is InChI=1S/C33H43N7O6S/c1-21(2)28-33-36-25(20-47-33)30(43)34-11-13-40(27(42)19-39-14-16-45-17-15-39)12-7-10-26(41)35-24(18-23-8-5-4-6-9-23)32-38-29(22(3)46-32)31(44)37-28/h4-6,8-9,20-21,24,28H,7,10-19H2,1-3H3,(H,34,43)(H,35,41)(H,37,44)/t24-,28-/m0/s1. The minimum atomic E-state index is -0.618. The van der Waals surface area contributed by atoms with Crippen LogP contribution in [0, 0.1) is 12.8 Å². The number of aromatic nitrogens is 2. The van der Waals surface area contributed by atoms with Crippen molar-refractivity contribution in [1.29, 1.82) is 0 Å². The molecular formula is C33H43N7O6S. The highest BCUT2D eigenvalue weighted by molar-refractivity contribution is 7.09. The van der Waals surface area contributed by atoms with Crippen LogP contribution in [0.15, 0.2) is 40.1 Å². The van der Waals surface area contributed by atoms with Crippen LogP contribution in [0.4, 0.5) is 0 Å². The molecule has 252 valence electrons. The van der Waals surface area contributed by atoms with Crippen molar-refractivity contribution in [2.45, 2.75) is 52.1 Å². The van der Waals surface area contributed by atoms with Crippen LogP contribution in [0.2, 0.25) is 0 Å². The Hall–Kier alpha value is -4.14. The lowest BCUT2D eigenvalue weighted by atomic mass is 10.0. The highest BCUT2D eigenvalue weighted by Crippen LogP contribution is 2.27. The van der Waals surface area contributed by atoms with E-state index in [1.165, 1.54) is 11.3 Å². The van der Waals surface area contributed by atoms with E-state index in [-0.39, 0.29) is 67.0 Å². The number of benzene rings is 1. The Bertz CT molecular complexity index is 1530. The summed E-state index contributed by atoms with van der Waals surface area (Å²) in [5.41, 5.74) is 1.33. The maximum Gasteiger partial charge on any atom is 0.274 e. The van der Waals surface area contributed by atoms with Gasteiger partial charge in [-0.05, 0) is 24.8 Å². The molecule has 3 aromatic rings. The van der Waals surface area contributed by atoms with Crippen molar-refractivity contribution in [2.75, 3.05) is 52.5 Å². The molecule has 3 N–H and O–H groups in total. The largest absolute Gasteiger partial charge is 0.443 e. The number of morpholine rings is 1. The predicted octanol–water partition coefficient (Wildman–Crippen LogP) is 2.65. The number of rotatable bonds is 5. The first kappa shape index (κ1) is 34.2. The van der Waals surface area contributed by atoms with E-state index in [1.807, 2.05) is 44.2 Å². The molecule has 13 nitrogen and oxygen atoms in total. The summed E-state index contributed by atoms with van der Waals surface area (Å²) in [7, 11) is 0. The smallest absolute Gasteiger partial charge is 0.274 e. The fourth-order valence-corrected chi connectivity index (χ4v) is 6.61. The molecule has 4 bridgehead atoms. The van der Waals surface area contributed by atoms with Crippen molar-refractivity contribution in [3.63, 3.8) is 0 Å². The zero-order chi connectivity index (χ0) is 33.3. The first-order valence-electron chi connectivity index (χ1n) is 16.1. The Morgan fingerprint density at radius 1 is 1.02 bits per heavy atom. The fraction of sp³-hybridized carbons (Fsp3) is 0.515. The Morgan fingerprint density at radius 2 is 1.79 bits per heavy atom. The van der Waals surface area contributed by atoms with Crippen LogP contribution in [0.5, 0.6) is 0 Å². The van der Waals surface area contributed by atoms with Crippen molar-refractivity contribution in [3.8, 4) is 0 Å². The summed E-state index contributed by atoms with van der Waals surface area (Å²) in [6.07, 6.45) is 0.981. The van der Waals surface area contributed by atoms with Gasteiger partial charge in [0.05, 0.1) is 25.8 Å². The molecule has 2 aliphatic rings. The number of carbonyl (C=O) groups excluding carboxylic acids is 4. The van der Waals surface area contributed by atoms with Crippen LogP contribution in [0.25, 0.3) is 0 Å². The number of amides is 4.